The number of benzene rings is 1. The van der Waals surface area contributed by atoms with Crippen LogP contribution >= 0.6 is 11.6 Å². The van der Waals surface area contributed by atoms with Crippen LogP contribution in [0, 0.1) is 12.8 Å². The van der Waals surface area contributed by atoms with Gasteiger partial charge in [0.05, 0.1) is 5.69 Å². The Morgan fingerprint density at radius 3 is 2.78 bits per heavy atom. The zero-order valence-corrected chi connectivity index (χ0v) is 17.7. The Morgan fingerprint density at radius 2 is 2.07 bits per heavy atom. The molecule has 2 aromatic rings. The van der Waals surface area contributed by atoms with Crippen molar-refractivity contribution in [3.63, 3.8) is 0 Å². The molecule has 0 spiro atoms. The molecule has 1 aromatic carbocycles. The Balaban J connectivity index is 1.45. The van der Waals surface area contributed by atoms with Crippen LogP contribution in [0.2, 0.25) is 5.02 Å². The van der Waals surface area contributed by atoms with Gasteiger partial charge in [0, 0.05) is 43.3 Å². The number of nitrogens with zero attached hydrogens (tertiary/aromatic N) is 3. The van der Waals surface area contributed by atoms with Gasteiger partial charge in [0.25, 0.3) is 0 Å². The number of aromatic nitrogens is 2. The van der Waals surface area contributed by atoms with Crippen LogP contribution in [0.1, 0.15) is 42.5 Å². The van der Waals surface area contributed by atoms with Crippen molar-refractivity contribution >= 4 is 11.6 Å². The van der Waals surface area contributed by atoms with Crippen molar-refractivity contribution in [2.45, 2.75) is 46.1 Å². The van der Waals surface area contributed by atoms with Gasteiger partial charge in [-0.05, 0) is 63.4 Å². The van der Waals surface area contributed by atoms with E-state index in [9.17, 15) is 0 Å². The minimum absolute atomic E-state index is 0.749. The van der Waals surface area contributed by atoms with Gasteiger partial charge in [-0.3, -0.25) is 0 Å². The summed E-state index contributed by atoms with van der Waals surface area (Å²) in [6.45, 7) is 9.93. The molecule has 1 aromatic heterocycles. The maximum Gasteiger partial charge on any atom is 0.106 e. The molecule has 1 N–H and O–H groups in total. The quantitative estimate of drug-likeness (QED) is 0.731. The van der Waals surface area contributed by atoms with E-state index in [4.69, 9.17) is 16.6 Å². The van der Waals surface area contributed by atoms with Crippen LogP contribution in [0.25, 0.3) is 0 Å². The number of aromatic amines is 1. The zero-order chi connectivity index (χ0) is 19.2. The molecule has 0 aliphatic carbocycles. The summed E-state index contributed by atoms with van der Waals surface area (Å²) in [5, 5.41) is 0.818. The molecule has 5 heteroatoms. The zero-order valence-electron chi connectivity index (χ0n) is 17.0. The van der Waals surface area contributed by atoms with Crippen molar-refractivity contribution in [3.05, 3.63) is 52.1 Å². The maximum absolute atomic E-state index is 5.98. The monoisotopic (exact) mass is 388 g/mol. The standard InChI is InChI=1S/C22H33ClN4/c1-4-22-24-17(2)21(25-22)16-26(3)14-19-6-5-12-27(15-19)13-11-18-7-9-20(23)10-8-18/h7-10,19H,4-6,11-16H2,1-3H3,(H,24,25). The number of aryl methyl sites for hydroxylation is 2. The van der Waals surface area contributed by atoms with E-state index in [0.717, 1.165) is 49.2 Å². The lowest BCUT2D eigenvalue weighted by Crippen LogP contribution is -2.40. The summed E-state index contributed by atoms with van der Waals surface area (Å²) in [6.07, 6.45) is 4.71. The van der Waals surface area contributed by atoms with E-state index in [2.05, 4.69) is 47.8 Å². The molecule has 0 bridgehead atoms. The smallest absolute Gasteiger partial charge is 0.106 e. The predicted molar refractivity (Wildman–Crippen MR) is 113 cm³/mol. The second-order valence-corrected chi connectivity index (χ2v) is 8.43. The first-order chi connectivity index (χ1) is 13.0. The SMILES string of the molecule is CCc1nc(CN(C)CC2CCCN(CCc3ccc(Cl)cc3)C2)c(C)[nH]1. The average molecular weight is 389 g/mol. The van der Waals surface area contributed by atoms with Crippen LogP contribution in [0.3, 0.4) is 0 Å². The first kappa shape index (κ1) is 20.4. The Labute approximate surface area is 168 Å². The van der Waals surface area contributed by atoms with Crippen molar-refractivity contribution in [1.29, 1.82) is 0 Å². The lowest BCUT2D eigenvalue weighted by Gasteiger charge is -2.34. The lowest BCUT2D eigenvalue weighted by atomic mass is 9.97. The number of likely N-dealkylation sites (tertiary alicyclic amines) is 1. The van der Waals surface area contributed by atoms with E-state index in [1.165, 1.54) is 42.9 Å². The van der Waals surface area contributed by atoms with E-state index in [0.29, 0.717) is 0 Å². The number of imidazole rings is 1. The first-order valence-corrected chi connectivity index (χ1v) is 10.6. The molecule has 148 valence electrons. The Morgan fingerprint density at radius 1 is 1.30 bits per heavy atom. The van der Waals surface area contributed by atoms with Crippen LogP contribution in [-0.4, -0.2) is 53.0 Å². The highest BCUT2D eigenvalue weighted by Crippen LogP contribution is 2.19. The molecule has 1 saturated heterocycles. The topological polar surface area (TPSA) is 35.2 Å². The van der Waals surface area contributed by atoms with Crippen LogP contribution in [0.4, 0.5) is 0 Å². The van der Waals surface area contributed by atoms with E-state index < -0.39 is 0 Å². The molecule has 4 nitrogen and oxygen atoms in total. The van der Waals surface area contributed by atoms with E-state index >= 15 is 0 Å². The molecule has 0 saturated carbocycles. The fourth-order valence-electron chi connectivity index (χ4n) is 4.09. The number of piperidine rings is 1. The highest BCUT2D eigenvalue weighted by atomic mass is 35.5. The second-order valence-electron chi connectivity index (χ2n) is 7.99. The second kappa shape index (κ2) is 9.72. The van der Waals surface area contributed by atoms with Crippen molar-refractivity contribution in [2.24, 2.45) is 5.92 Å². The van der Waals surface area contributed by atoms with E-state index in [1.807, 2.05) is 12.1 Å². The number of halogens is 1. The summed E-state index contributed by atoms with van der Waals surface area (Å²) < 4.78 is 0. The fourth-order valence-corrected chi connectivity index (χ4v) is 4.21. The molecular formula is C22H33ClN4. The van der Waals surface area contributed by atoms with Gasteiger partial charge >= 0.3 is 0 Å². The summed E-state index contributed by atoms with van der Waals surface area (Å²) >= 11 is 5.98. The molecule has 1 atom stereocenters. The van der Waals surface area contributed by atoms with Crippen molar-refractivity contribution in [2.75, 3.05) is 33.2 Å². The van der Waals surface area contributed by atoms with Crippen LogP contribution in [-0.2, 0) is 19.4 Å². The Hall–Kier alpha value is -1.36. The van der Waals surface area contributed by atoms with Gasteiger partial charge in [0.2, 0.25) is 0 Å². The van der Waals surface area contributed by atoms with Crippen LogP contribution < -0.4 is 0 Å². The Bertz CT molecular complexity index is 710. The normalized spacial score (nSPS) is 18.3. The van der Waals surface area contributed by atoms with Gasteiger partial charge in [-0.15, -0.1) is 0 Å². The molecule has 1 aliphatic rings. The summed E-state index contributed by atoms with van der Waals surface area (Å²) in [5.74, 6) is 1.85. The molecule has 0 radical (unpaired) electrons. The predicted octanol–water partition coefficient (Wildman–Crippen LogP) is 4.32. The van der Waals surface area contributed by atoms with Crippen molar-refractivity contribution in [3.8, 4) is 0 Å². The van der Waals surface area contributed by atoms with Crippen molar-refractivity contribution in [1.82, 2.24) is 19.8 Å². The largest absolute Gasteiger partial charge is 0.346 e. The van der Waals surface area contributed by atoms with Crippen molar-refractivity contribution < 1.29 is 0 Å². The molecule has 2 heterocycles. The van der Waals surface area contributed by atoms with E-state index in [-0.39, 0.29) is 0 Å². The summed E-state index contributed by atoms with van der Waals surface area (Å²) in [4.78, 5) is 13.2. The molecule has 3 rings (SSSR count). The number of rotatable bonds is 8. The fraction of sp³-hybridized carbons (Fsp3) is 0.591. The summed E-state index contributed by atoms with van der Waals surface area (Å²) in [6, 6.07) is 8.28. The highest BCUT2D eigenvalue weighted by molar-refractivity contribution is 6.30. The van der Waals surface area contributed by atoms with Gasteiger partial charge < -0.3 is 14.8 Å². The number of nitrogens with one attached hydrogen (secondary N) is 1. The molecule has 1 unspecified atom stereocenters. The maximum atomic E-state index is 5.98. The van der Waals surface area contributed by atoms with Gasteiger partial charge in [-0.1, -0.05) is 30.7 Å². The number of hydrogen-bond donors (Lipinski definition) is 1. The van der Waals surface area contributed by atoms with Gasteiger partial charge in [-0.25, -0.2) is 4.98 Å². The third-order valence-corrected chi connectivity index (χ3v) is 5.84. The van der Waals surface area contributed by atoms with Gasteiger partial charge in [0.1, 0.15) is 5.82 Å². The van der Waals surface area contributed by atoms with Crippen LogP contribution in [0.15, 0.2) is 24.3 Å². The third kappa shape index (κ3) is 6.06. The summed E-state index contributed by atoms with van der Waals surface area (Å²) in [5.41, 5.74) is 3.79. The minimum atomic E-state index is 0.749. The van der Waals surface area contributed by atoms with Crippen LogP contribution in [0.5, 0.6) is 0 Å². The van der Waals surface area contributed by atoms with E-state index in [1.54, 1.807) is 0 Å². The molecular weight excluding hydrogens is 356 g/mol. The number of H-pyrrole nitrogens is 1. The Kier molecular flexibility index (Phi) is 7.33. The molecule has 1 aliphatic heterocycles. The number of hydrogen-bond acceptors (Lipinski definition) is 3. The van der Waals surface area contributed by atoms with Gasteiger partial charge in [-0.2, -0.15) is 0 Å². The molecule has 0 amide bonds. The highest BCUT2D eigenvalue weighted by Gasteiger charge is 2.21. The first-order valence-electron chi connectivity index (χ1n) is 10.2. The summed E-state index contributed by atoms with van der Waals surface area (Å²) in [7, 11) is 2.23. The minimum Gasteiger partial charge on any atom is -0.346 e. The third-order valence-electron chi connectivity index (χ3n) is 5.59. The van der Waals surface area contributed by atoms with Gasteiger partial charge in [0.15, 0.2) is 0 Å². The molecule has 27 heavy (non-hydrogen) atoms. The molecule has 1 fully saturated rings. The average Bonchev–Trinajstić information content (AvgIpc) is 3.01. The lowest BCUT2D eigenvalue weighted by molar-refractivity contribution is 0.142.